The quantitative estimate of drug-likeness (QED) is 0.911. The standard InChI is InChI=1S/C15H19FN2O2/c1-9(2)20-13-6-11(5-12(16)7-13)15-10(3)17-18-14(15)8-19-4/h5-7,9H,8H2,1-4H3,(H,17,18). The highest BCUT2D eigenvalue weighted by Gasteiger charge is 2.14. The van der Waals surface area contributed by atoms with E-state index in [0.29, 0.717) is 12.4 Å². The van der Waals surface area contributed by atoms with Crippen LogP contribution < -0.4 is 4.74 Å². The number of hydrogen-bond donors (Lipinski definition) is 1. The first-order chi connectivity index (χ1) is 9.51. The van der Waals surface area contributed by atoms with Gasteiger partial charge in [-0.1, -0.05) is 0 Å². The summed E-state index contributed by atoms with van der Waals surface area (Å²) in [6.07, 6.45) is -0.00598. The Labute approximate surface area is 117 Å². The molecule has 1 aromatic heterocycles. The molecule has 4 nitrogen and oxygen atoms in total. The maximum absolute atomic E-state index is 13.8. The fourth-order valence-corrected chi connectivity index (χ4v) is 2.15. The van der Waals surface area contributed by atoms with Gasteiger partial charge in [-0.2, -0.15) is 5.10 Å². The second-order valence-corrected chi connectivity index (χ2v) is 4.95. The number of nitrogens with one attached hydrogen (secondary N) is 1. The third-order valence-corrected chi connectivity index (χ3v) is 2.83. The van der Waals surface area contributed by atoms with E-state index >= 15 is 0 Å². The molecule has 1 N–H and O–H groups in total. The van der Waals surface area contributed by atoms with Crippen molar-refractivity contribution in [1.29, 1.82) is 0 Å². The van der Waals surface area contributed by atoms with Gasteiger partial charge in [0.25, 0.3) is 0 Å². The summed E-state index contributed by atoms with van der Waals surface area (Å²) < 4.78 is 24.5. The molecule has 2 rings (SSSR count). The SMILES string of the molecule is COCc1n[nH]c(C)c1-c1cc(F)cc(OC(C)C)c1. The van der Waals surface area contributed by atoms with Crippen LogP contribution in [0.3, 0.4) is 0 Å². The van der Waals surface area contributed by atoms with E-state index in [9.17, 15) is 4.39 Å². The van der Waals surface area contributed by atoms with Crippen LogP contribution in [0, 0.1) is 12.7 Å². The minimum atomic E-state index is -0.331. The van der Waals surface area contributed by atoms with Crippen LogP contribution >= 0.6 is 0 Å². The summed E-state index contributed by atoms with van der Waals surface area (Å²) in [6.45, 7) is 6.08. The van der Waals surface area contributed by atoms with E-state index in [1.165, 1.54) is 12.1 Å². The maximum atomic E-state index is 13.8. The summed E-state index contributed by atoms with van der Waals surface area (Å²) in [6, 6.07) is 4.68. The molecule has 0 bridgehead atoms. The van der Waals surface area contributed by atoms with Crippen molar-refractivity contribution in [2.45, 2.75) is 33.5 Å². The number of halogens is 1. The first-order valence-corrected chi connectivity index (χ1v) is 6.51. The van der Waals surface area contributed by atoms with Crippen LogP contribution in [0.25, 0.3) is 11.1 Å². The van der Waals surface area contributed by atoms with Crippen LogP contribution in [-0.4, -0.2) is 23.4 Å². The molecule has 2 aromatic rings. The van der Waals surface area contributed by atoms with Gasteiger partial charge in [-0.25, -0.2) is 4.39 Å². The fourth-order valence-electron chi connectivity index (χ4n) is 2.15. The van der Waals surface area contributed by atoms with E-state index in [-0.39, 0.29) is 11.9 Å². The smallest absolute Gasteiger partial charge is 0.127 e. The van der Waals surface area contributed by atoms with Crippen LogP contribution in [0.5, 0.6) is 5.75 Å². The zero-order valence-corrected chi connectivity index (χ0v) is 12.2. The molecular weight excluding hydrogens is 259 g/mol. The number of rotatable bonds is 5. The van der Waals surface area contributed by atoms with Crippen molar-refractivity contribution in [2.24, 2.45) is 0 Å². The van der Waals surface area contributed by atoms with Crippen LogP contribution in [-0.2, 0) is 11.3 Å². The molecule has 0 radical (unpaired) electrons. The molecule has 0 unspecified atom stereocenters. The van der Waals surface area contributed by atoms with Gasteiger partial charge >= 0.3 is 0 Å². The molecule has 0 amide bonds. The fraction of sp³-hybridized carbons (Fsp3) is 0.400. The summed E-state index contributed by atoms with van der Waals surface area (Å²) >= 11 is 0. The highest BCUT2D eigenvalue weighted by molar-refractivity contribution is 5.69. The lowest BCUT2D eigenvalue weighted by atomic mass is 10.0. The first-order valence-electron chi connectivity index (χ1n) is 6.51. The van der Waals surface area contributed by atoms with Crippen LogP contribution in [0.15, 0.2) is 18.2 Å². The first kappa shape index (κ1) is 14.5. The Kier molecular flexibility index (Phi) is 4.39. The Hall–Kier alpha value is -1.88. The number of H-pyrrole nitrogens is 1. The van der Waals surface area contributed by atoms with Gasteiger partial charge in [0.1, 0.15) is 11.6 Å². The Morgan fingerprint density at radius 2 is 2.05 bits per heavy atom. The molecule has 0 saturated carbocycles. The van der Waals surface area contributed by atoms with Gasteiger partial charge in [-0.05, 0) is 38.5 Å². The minimum absolute atomic E-state index is 0.00598. The van der Waals surface area contributed by atoms with Crippen molar-refractivity contribution >= 4 is 0 Å². The summed E-state index contributed by atoms with van der Waals surface area (Å²) in [4.78, 5) is 0. The van der Waals surface area contributed by atoms with E-state index in [0.717, 1.165) is 22.5 Å². The second-order valence-electron chi connectivity index (χ2n) is 4.95. The van der Waals surface area contributed by atoms with Crippen LogP contribution in [0.2, 0.25) is 0 Å². The Morgan fingerprint density at radius 1 is 1.30 bits per heavy atom. The lowest BCUT2D eigenvalue weighted by molar-refractivity contribution is 0.182. The number of nitrogens with zero attached hydrogens (tertiary/aromatic N) is 1. The number of aromatic amines is 1. The molecule has 0 spiro atoms. The number of methoxy groups -OCH3 is 1. The molecule has 0 atom stereocenters. The van der Waals surface area contributed by atoms with Gasteiger partial charge in [0.05, 0.1) is 18.4 Å². The van der Waals surface area contributed by atoms with Crippen molar-refractivity contribution < 1.29 is 13.9 Å². The van der Waals surface area contributed by atoms with Gasteiger partial charge in [-0.3, -0.25) is 5.10 Å². The van der Waals surface area contributed by atoms with Gasteiger partial charge < -0.3 is 9.47 Å². The number of hydrogen-bond acceptors (Lipinski definition) is 3. The zero-order valence-electron chi connectivity index (χ0n) is 12.2. The topological polar surface area (TPSA) is 47.1 Å². The van der Waals surface area contributed by atoms with Crippen LogP contribution in [0.1, 0.15) is 25.2 Å². The lowest BCUT2D eigenvalue weighted by Crippen LogP contribution is -2.05. The number of ether oxygens (including phenoxy) is 2. The molecular formula is C15H19FN2O2. The molecule has 0 fully saturated rings. The number of benzene rings is 1. The van der Waals surface area contributed by atoms with E-state index < -0.39 is 0 Å². The van der Waals surface area contributed by atoms with Crippen molar-refractivity contribution in [1.82, 2.24) is 10.2 Å². The number of aryl methyl sites for hydroxylation is 1. The molecule has 1 aromatic carbocycles. The van der Waals surface area contributed by atoms with Gasteiger partial charge in [0.2, 0.25) is 0 Å². The predicted octanol–water partition coefficient (Wildman–Crippen LogP) is 3.46. The number of aromatic nitrogens is 2. The molecule has 108 valence electrons. The maximum Gasteiger partial charge on any atom is 0.127 e. The van der Waals surface area contributed by atoms with Gasteiger partial charge in [0.15, 0.2) is 0 Å². The predicted molar refractivity (Wildman–Crippen MR) is 75.2 cm³/mol. The lowest BCUT2D eigenvalue weighted by Gasteiger charge is -2.12. The summed E-state index contributed by atoms with van der Waals surface area (Å²) in [7, 11) is 1.60. The zero-order chi connectivity index (χ0) is 14.7. The molecule has 0 aliphatic carbocycles. The Balaban J connectivity index is 2.46. The second kappa shape index (κ2) is 6.05. The van der Waals surface area contributed by atoms with E-state index in [2.05, 4.69) is 10.2 Å². The molecule has 1 heterocycles. The van der Waals surface area contributed by atoms with E-state index in [1.54, 1.807) is 7.11 Å². The molecule has 5 heteroatoms. The van der Waals surface area contributed by atoms with Crippen LogP contribution in [0.4, 0.5) is 4.39 Å². The van der Waals surface area contributed by atoms with Crippen molar-refractivity contribution in [3.05, 3.63) is 35.4 Å². The van der Waals surface area contributed by atoms with E-state index in [4.69, 9.17) is 9.47 Å². The highest BCUT2D eigenvalue weighted by Crippen LogP contribution is 2.30. The van der Waals surface area contributed by atoms with Gasteiger partial charge in [0, 0.05) is 24.4 Å². The third-order valence-electron chi connectivity index (χ3n) is 2.83. The monoisotopic (exact) mass is 278 g/mol. The van der Waals surface area contributed by atoms with Crippen molar-refractivity contribution in [2.75, 3.05) is 7.11 Å². The summed E-state index contributed by atoms with van der Waals surface area (Å²) in [5, 5.41) is 7.10. The highest BCUT2D eigenvalue weighted by atomic mass is 19.1. The average molecular weight is 278 g/mol. The van der Waals surface area contributed by atoms with Crippen molar-refractivity contribution in [3.8, 4) is 16.9 Å². The van der Waals surface area contributed by atoms with Crippen molar-refractivity contribution in [3.63, 3.8) is 0 Å². The largest absolute Gasteiger partial charge is 0.491 e. The average Bonchev–Trinajstić information content (AvgIpc) is 2.69. The normalized spacial score (nSPS) is 11.1. The van der Waals surface area contributed by atoms with E-state index in [1.807, 2.05) is 26.8 Å². The molecule has 0 aliphatic heterocycles. The Bertz CT molecular complexity index is 594. The summed E-state index contributed by atoms with van der Waals surface area (Å²) in [5.41, 5.74) is 3.23. The molecule has 0 saturated heterocycles. The third kappa shape index (κ3) is 3.17. The molecule has 20 heavy (non-hydrogen) atoms. The van der Waals surface area contributed by atoms with Gasteiger partial charge in [-0.15, -0.1) is 0 Å². The Morgan fingerprint density at radius 3 is 2.70 bits per heavy atom. The molecule has 0 aliphatic rings. The minimum Gasteiger partial charge on any atom is -0.491 e. The summed E-state index contributed by atoms with van der Waals surface area (Å²) in [5.74, 6) is 0.182.